The Morgan fingerprint density at radius 2 is 1.80 bits per heavy atom. The molecule has 0 atom stereocenters. The Hall–Kier alpha value is -2.95. The largest absolute Gasteiger partial charge is 0.350 e. The zero-order valence-electron chi connectivity index (χ0n) is 14.4. The Bertz CT molecular complexity index is 902. The summed E-state index contributed by atoms with van der Waals surface area (Å²) in [6.07, 6.45) is 0. The summed E-state index contributed by atoms with van der Waals surface area (Å²) >= 11 is 0. The van der Waals surface area contributed by atoms with Crippen molar-refractivity contribution in [1.29, 1.82) is 0 Å². The van der Waals surface area contributed by atoms with Gasteiger partial charge in [-0.3, -0.25) is 14.5 Å². The zero-order chi connectivity index (χ0) is 18.1. The van der Waals surface area contributed by atoms with E-state index in [0.717, 1.165) is 11.1 Å². The van der Waals surface area contributed by atoms with E-state index in [1.54, 1.807) is 19.1 Å². The number of rotatable bonds is 4. The van der Waals surface area contributed by atoms with E-state index in [4.69, 9.17) is 0 Å². The van der Waals surface area contributed by atoms with Crippen LogP contribution in [0, 0.1) is 19.7 Å². The molecule has 0 saturated heterocycles. The summed E-state index contributed by atoms with van der Waals surface area (Å²) in [5, 5.41) is 2.94. The van der Waals surface area contributed by atoms with Crippen LogP contribution in [0.2, 0.25) is 0 Å². The van der Waals surface area contributed by atoms with Crippen molar-refractivity contribution < 1.29 is 14.0 Å². The van der Waals surface area contributed by atoms with Crippen molar-refractivity contribution in [3.8, 4) is 0 Å². The number of amides is 2. The molecular weight excluding hydrogens is 319 g/mol. The smallest absolute Gasteiger partial charge is 0.278 e. The van der Waals surface area contributed by atoms with Crippen molar-refractivity contribution in [2.45, 2.75) is 20.8 Å². The second kappa shape index (κ2) is 6.51. The second-order valence-electron chi connectivity index (χ2n) is 6.06. The third kappa shape index (κ3) is 3.05. The summed E-state index contributed by atoms with van der Waals surface area (Å²) in [6, 6.07) is 11.5. The van der Waals surface area contributed by atoms with Crippen molar-refractivity contribution in [2.75, 3.05) is 11.9 Å². The van der Waals surface area contributed by atoms with Gasteiger partial charge >= 0.3 is 0 Å². The molecule has 0 aromatic heterocycles. The van der Waals surface area contributed by atoms with Gasteiger partial charge in [0.05, 0.1) is 5.57 Å². The van der Waals surface area contributed by atoms with Crippen LogP contribution in [-0.2, 0) is 9.59 Å². The number of nitrogens with one attached hydrogen (secondary N) is 1. The lowest BCUT2D eigenvalue weighted by molar-refractivity contribution is -0.136. The van der Waals surface area contributed by atoms with Crippen molar-refractivity contribution in [3.63, 3.8) is 0 Å². The van der Waals surface area contributed by atoms with Crippen molar-refractivity contribution in [2.24, 2.45) is 0 Å². The Kier molecular flexibility index (Phi) is 4.40. The molecule has 1 aliphatic heterocycles. The molecular formula is C20H19FN2O2. The van der Waals surface area contributed by atoms with Crippen LogP contribution in [-0.4, -0.2) is 23.3 Å². The summed E-state index contributed by atoms with van der Waals surface area (Å²) in [5.41, 5.74) is 3.63. The summed E-state index contributed by atoms with van der Waals surface area (Å²) in [5.74, 6) is -1.15. The van der Waals surface area contributed by atoms with Gasteiger partial charge in [0.2, 0.25) is 0 Å². The van der Waals surface area contributed by atoms with Crippen LogP contribution in [0.4, 0.5) is 10.1 Å². The monoisotopic (exact) mass is 338 g/mol. The maximum absolute atomic E-state index is 13.5. The lowest BCUT2D eigenvalue weighted by Crippen LogP contribution is -2.32. The fourth-order valence-corrected chi connectivity index (χ4v) is 3.03. The standard InChI is InChI=1S/C20H19FN2O2/c1-4-23-19(24)17(16-9-8-12(2)10-13(16)3)18(20(23)25)22-15-7-5-6-14(21)11-15/h5-11,22H,4H2,1-3H3. The highest BCUT2D eigenvalue weighted by Gasteiger charge is 2.38. The average molecular weight is 338 g/mol. The first-order chi connectivity index (χ1) is 11.9. The number of imide groups is 1. The Balaban J connectivity index is 2.14. The molecule has 0 bridgehead atoms. The fourth-order valence-electron chi connectivity index (χ4n) is 3.03. The van der Waals surface area contributed by atoms with Gasteiger partial charge < -0.3 is 5.32 Å². The molecule has 0 aliphatic carbocycles. The molecule has 128 valence electrons. The van der Waals surface area contributed by atoms with Crippen molar-refractivity contribution in [3.05, 3.63) is 70.7 Å². The van der Waals surface area contributed by atoms with Crippen LogP contribution < -0.4 is 5.32 Å². The molecule has 1 heterocycles. The number of anilines is 1. The van der Waals surface area contributed by atoms with Gasteiger partial charge in [-0.05, 0) is 50.1 Å². The van der Waals surface area contributed by atoms with Crippen LogP contribution in [0.15, 0.2) is 48.2 Å². The Morgan fingerprint density at radius 1 is 1.04 bits per heavy atom. The number of benzene rings is 2. The average Bonchev–Trinajstić information content (AvgIpc) is 2.78. The van der Waals surface area contributed by atoms with Crippen LogP contribution in [0.5, 0.6) is 0 Å². The molecule has 0 spiro atoms. The molecule has 5 heteroatoms. The number of hydrogen-bond acceptors (Lipinski definition) is 3. The van der Waals surface area contributed by atoms with Gasteiger partial charge in [0.25, 0.3) is 11.8 Å². The van der Waals surface area contributed by atoms with Gasteiger partial charge in [-0.2, -0.15) is 0 Å². The van der Waals surface area contributed by atoms with E-state index >= 15 is 0 Å². The third-order valence-corrected chi connectivity index (χ3v) is 4.23. The minimum absolute atomic E-state index is 0.185. The summed E-state index contributed by atoms with van der Waals surface area (Å²) in [7, 11) is 0. The number of nitrogens with zero attached hydrogens (tertiary/aromatic N) is 1. The lowest BCUT2D eigenvalue weighted by Gasteiger charge is -2.12. The molecule has 4 nitrogen and oxygen atoms in total. The molecule has 1 aliphatic rings. The first-order valence-electron chi connectivity index (χ1n) is 8.13. The normalized spacial score (nSPS) is 14.5. The number of carbonyl (C=O) groups excluding carboxylic acids is 2. The maximum atomic E-state index is 13.5. The van der Waals surface area contributed by atoms with E-state index in [1.807, 2.05) is 32.0 Å². The van der Waals surface area contributed by atoms with E-state index in [-0.39, 0.29) is 18.1 Å². The van der Waals surface area contributed by atoms with Gasteiger partial charge in [-0.15, -0.1) is 0 Å². The topological polar surface area (TPSA) is 49.4 Å². The molecule has 0 radical (unpaired) electrons. The predicted octanol–water partition coefficient (Wildman–Crippen LogP) is 3.65. The molecule has 0 saturated carbocycles. The number of halogens is 1. The number of aryl methyl sites for hydroxylation is 2. The van der Waals surface area contributed by atoms with Crippen molar-refractivity contribution >= 4 is 23.1 Å². The molecule has 25 heavy (non-hydrogen) atoms. The van der Waals surface area contributed by atoms with Crippen LogP contribution >= 0.6 is 0 Å². The summed E-state index contributed by atoms with van der Waals surface area (Å²) in [6.45, 7) is 5.90. The SMILES string of the molecule is CCN1C(=O)C(Nc2cccc(F)c2)=C(c2ccc(C)cc2C)C1=O. The third-order valence-electron chi connectivity index (χ3n) is 4.23. The van der Waals surface area contributed by atoms with Gasteiger partial charge in [0.1, 0.15) is 11.5 Å². The van der Waals surface area contributed by atoms with Gasteiger partial charge in [-0.25, -0.2) is 4.39 Å². The predicted molar refractivity (Wildman–Crippen MR) is 95.3 cm³/mol. The van der Waals surface area contributed by atoms with Crippen molar-refractivity contribution in [1.82, 2.24) is 4.90 Å². The summed E-state index contributed by atoms with van der Waals surface area (Å²) < 4.78 is 13.5. The highest BCUT2D eigenvalue weighted by molar-refractivity contribution is 6.36. The zero-order valence-corrected chi connectivity index (χ0v) is 14.4. The molecule has 2 amide bonds. The first-order valence-corrected chi connectivity index (χ1v) is 8.13. The molecule has 1 N–H and O–H groups in total. The molecule has 0 fully saturated rings. The molecule has 0 unspecified atom stereocenters. The van der Waals surface area contributed by atoms with E-state index in [2.05, 4.69) is 5.32 Å². The fraction of sp³-hybridized carbons (Fsp3) is 0.200. The molecule has 2 aromatic rings. The second-order valence-corrected chi connectivity index (χ2v) is 6.06. The Labute approximate surface area is 146 Å². The van der Waals surface area contributed by atoms with E-state index in [9.17, 15) is 14.0 Å². The lowest BCUT2D eigenvalue weighted by atomic mass is 9.97. The van der Waals surface area contributed by atoms with Crippen LogP contribution in [0.3, 0.4) is 0 Å². The van der Waals surface area contributed by atoms with Gasteiger partial charge in [0, 0.05) is 12.2 Å². The van der Waals surface area contributed by atoms with E-state index in [0.29, 0.717) is 16.8 Å². The van der Waals surface area contributed by atoms with Gasteiger partial charge in [-0.1, -0.05) is 29.8 Å². The quantitative estimate of drug-likeness (QED) is 0.866. The van der Waals surface area contributed by atoms with Gasteiger partial charge in [0.15, 0.2) is 0 Å². The highest BCUT2D eigenvalue weighted by Crippen LogP contribution is 2.32. The minimum Gasteiger partial charge on any atom is -0.350 e. The minimum atomic E-state index is -0.414. The van der Waals surface area contributed by atoms with E-state index < -0.39 is 11.7 Å². The number of carbonyl (C=O) groups is 2. The highest BCUT2D eigenvalue weighted by atomic mass is 19.1. The first kappa shape index (κ1) is 16.9. The number of hydrogen-bond donors (Lipinski definition) is 1. The van der Waals surface area contributed by atoms with Crippen LogP contribution in [0.1, 0.15) is 23.6 Å². The summed E-state index contributed by atoms with van der Waals surface area (Å²) in [4.78, 5) is 26.7. The molecule has 2 aromatic carbocycles. The van der Waals surface area contributed by atoms with Crippen LogP contribution in [0.25, 0.3) is 5.57 Å². The maximum Gasteiger partial charge on any atom is 0.278 e. The number of likely N-dealkylation sites (N-methyl/N-ethyl adjacent to an activating group) is 1. The molecule has 3 rings (SSSR count). The van der Waals surface area contributed by atoms with E-state index in [1.165, 1.54) is 17.0 Å². The Morgan fingerprint density at radius 3 is 2.44 bits per heavy atom.